The number of aliphatic hydroxyl groups is 1. The van der Waals surface area contributed by atoms with E-state index in [9.17, 15) is 19.8 Å². The summed E-state index contributed by atoms with van der Waals surface area (Å²) in [6.45, 7) is 4.08. The minimum Gasteiger partial charge on any atom is -0.481 e. The van der Waals surface area contributed by atoms with Crippen LogP contribution in [0, 0.1) is 11.3 Å². The highest BCUT2D eigenvalue weighted by molar-refractivity contribution is 6.33. The molecule has 0 spiro atoms. The van der Waals surface area contributed by atoms with Gasteiger partial charge in [0.15, 0.2) is 5.65 Å². The number of hydrogen-bond acceptors (Lipinski definition) is 6. The average molecular weight is 525 g/mol. The van der Waals surface area contributed by atoms with Gasteiger partial charge in [0.1, 0.15) is 6.10 Å². The number of allylic oxidation sites excluding steroid dienone is 2. The average Bonchev–Trinajstić information content (AvgIpc) is 3.26. The zero-order valence-corrected chi connectivity index (χ0v) is 21.5. The molecule has 5 rings (SSSR count). The van der Waals surface area contributed by atoms with E-state index < -0.39 is 11.4 Å². The highest BCUT2D eigenvalue weighted by atomic mass is 35.5. The zero-order valence-electron chi connectivity index (χ0n) is 20.7. The number of H-pyrrole nitrogens is 1. The van der Waals surface area contributed by atoms with Crippen LogP contribution in [-0.4, -0.2) is 67.7 Å². The number of carbonyl (C=O) groups excluding carboxylic acids is 1. The molecule has 1 fully saturated rings. The molecule has 194 valence electrons. The van der Waals surface area contributed by atoms with Crippen LogP contribution >= 0.6 is 11.6 Å². The molecule has 1 aliphatic heterocycles. The van der Waals surface area contributed by atoms with E-state index in [1.54, 1.807) is 24.8 Å². The summed E-state index contributed by atoms with van der Waals surface area (Å²) in [5, 5.41) is 19.1. The molecule has 1 atom stereocenters. The second kappa shape index (κ2) is 9.79. The molecule has 2 aromatic heterocycles. The second-order valence-electron chi connectivity index (χ2n) is 10.3. The smallest absolute Gasteiger partial charge is 0.306 e. The van der Waals surface area contributed by atoms with Crippen molar-refractivity contribution in [3.63, 3.8) is 0 Å². The number of pyridine rings is 1. The summed E-state index contributed by atoms with van der Waals surface area (Å²) < 4.78 is 5.90. The first-order valence-corrected chi connectivity index (χ1v) is 12.7. The zero-order chi connectivity index (χ0) is 26.3. The van der Waals surface area contributed by atoms with Crippen LogP contribution < -0.4 is 4.74 Å². The minimum absolute atomic E-state index is 0.104. The Bertz CT molecular complexity index is 1380. The third-order valence-electron chi connectivity index (χ3n) is 7.08. The Morgan fingerprint density at radius 2 is 1.89 bits per heavy atom. The molecule has 1 aliphatic carbocycles. The number of halogens is 1. The molecular weight excluding hydrogens is 496 g/mol. The number of nitrogens with one attached hydrogen (secondary N) is 1. The van der Waals surface area contributed by atoms with Gasteiger partial charge in [-0.3, -0.25) is 9.59 Å². The molecule has 1 saturated heterocycles. The van der Waals surface area contributed by atoms with Gasteiger partial charge in [-0.15, -0.1) is 0 Å². The SMILES string of the molecule is CC(C)(CO)C(=O)N1CC(Oc2nc3nc(-c4ccc(C5=CCC(C(=O)O)CC5)cc4)c(Cl)cc3[nH]2)C1. The molecule has 3 heterocycles. The number of carboxylic acid groups (broad SMARTS) is 1. The molecule has 9 nitrogen and oxygen atoms in total. The van der Waals surface area contributed by atoms with Crippen molar-refractivity contribution < 1.29 is 24.5 Å². The second-order valence-corrected chi connectivity index (χ2v) is 10.7. The normalized spacial score (nSPS) is 18.4. The van der Waals surface area contributed by atoms with Gasteiger partial charge in [0.05, 0.1) is 47.3 Å². The van der Waals surface area contributed by atoms with Gasteiger partial charge < -0.3 is 24.8 Å². The molecule has 37 heavy (non-hydrogen) atoms. The Balaban J connectivity index is 1.27. The van der Waals surface area contributed by atoms with Gasteiger partial charge in [-0.05, 0) is 50.3 Å². The van der Waals surface area contributed by atoms with E-state index in [4.69, 9.17) is 16.3 Å². The third kappa shape index (κ3) is 5.06. The number of amides is 1. The van der Waals surface area contributed by atoms with Crippen LogP contribution in [0.25, 0.3) is 28.0 Å². The maximum Gasteiger partial charge on any atom is 0.306 e. The molecule has 0 radical (unpaired) electrons. The van der Waals surface area contributed by atoms with Gasteiger partial charge in [0.2, 0.25) is 5.91 Å². The minimum atomic E-state index is -0.809. The Labute approximate surface area is 219 Å². The Morgan fingerprint density at radius 3 is 2.51 bits per heavy atom. The van der Waals surface area contributed by atoms with Crippen LogP contribution in [-0.2, 0) is 9.59 Å². The molecule has 2 aliphatic rings. The molecule has 1 amide bonds. The van der Waals surface area contributed by atoms with Crippen molar-refractivity contribution in [3.8, 4) is 17.3 Å². The van der Waals surface area contributed by atoms with E-state index in [1.807, 2.05) is 30.3 Å². The van der Waals surface area contributed by atoms with Crippen molar-refractivity contribution in [2.75, 3.05) is 19.7 Å². The van der Waals surface area contributed by atoms with E-state index in [2.05, 4.69) is 15.0 Å². The number of aromatic amines is 1. The fraction of sp³-hybridized carbons (Fsp3) is 0.407. The molecule has 0 bridgehead atoms. The van der Waals surface area contributed by atoms with Crippen molar-refractivity contribution in [2.45, 2.75) is 39.2 Å². The number of carboxylic acids is 1. The van der Waals surface area contributed by atoms with E-state index in [1.165, 1.54) is 0 Å². The number of ether oxygens (including phenoxy) is 1. The highest BCUT2D eigenvalue weighted by Gasteiger charge is 2.39. The standard InChI is InChI=1S/C27H29ClN4O5/c1-27(2,14-33)25(36)32-12-19(13-32)37-26-29-21-11-20(28)22(30-23(21)31-26)17-7-3-15(4-8-17)16-5-9-18(10-6-16)24(34)35/h3-5,7-8,11,18-19,33H,6,9-10,12-14H2,1-2H3,(H,34,35)(H,29,30,31). The number of benzene rings is 1. The monoisotopic (exact) mass is 524 g/mol. The van der Waals surface area contributed by atoms with Crippen LogP contribution in [0.2, 0.25) is 5.02 Å². The summed E-state index contributed by atoms with van der Waals surface area (Å²) in [4.78, 5) is 37.5. The summed E-state index contributed by atoms with van der Waals surface area (Å²) >= 11 is 6.55. The third-order valence-corrected chi connectivity index (χ3v) is 7.37. The number of fused-ring (bicyclic) bond motifs is 1. The van der Waals surface area contributed by atoms with Gasteiger partial charge in [-0.25, -0.2) is 4.98 Å². The fourth-order valence-electron chi connectivity index (χ4n) is 4.65. The summed E-state index contributed by atoms with van der Waals surface area (Å²) in [6.07, 6.45) is 3.76. The Kier molecular flexibility index (Phi) is 6.68. The van der Waals surface area contributed by atoms with Crippen LogP contribution in [0.3, 0.4) is 0 Å². The van der Waals surface area contributed by atoms with Gasteiger partial charge in [0, 0.05) is 5.56 Å². The predicted octanol–water partition coefficient (Wildman–Crippen LogP) is 4.15. The largest absolute Gasteiger partial charge is 0.481 e. The molecule has 0 saturated carbocycles. The van der Waals surface area contributed by atoms with Crippen molar-refractivity contribution >= 4 is 40.2 Å². The maximum atomic E-state index is 12.4. The lowest BCUT2D eigenvalue weighted by molar-refractivity contribution is -0.151. The summed E-state index contributed by atoms with van der Waals surface area (Å²) in [7, 11) is 0. The van der Waals surface area contributed by atoms with Crippen LogP contribution in [0.4, 0.5) is 0 Å². The first kappa shape index (κ1) is 25.2. The van der Waals surface area contributed by atoms with Crippen molar-refractivity contribution in [2.24, 2.45) is 11.3 Å². The number of nitrogens with zero attached hydrogens (tertiary/aromatic N) is 3. The lowest BCUT2D eigenvalue weighted by Gasteiger charge is -2.41. The number of rotatable bonds is 7. The van der Waals surface area contributed by atoms with E-state index in [-0.39, 0.29) is 24.5 Å². The lowest BCUT2D eigenvalue weighted by atomic mass is 9.86. The van der Waals surface area contributed by atoms with Crippen LogP contribution in [0.5, 0.6) is 6.01 Å². The van der Waals surface area contributed by atoms with Crippen LogP contribution in [0.1, 0.15) is 38.7 Å². The number of imidazole rings is 1. The molecule has 1 unspecified atom stereocenters. The number of aliphatic hydroxyl groups excluding tert-OH is 1. The predicted molar refractivity (Wildman–Crippen MR) is 139 cm³/mol. The highest BCUT2D eigenvalue weighted by Crippen LogP contribution is 2.34. The van der Waals surface area contributed by atoms with Gasteiger partial charge >= 0.3 is 5.97 Å². The maximum absolute atomic E-state index is 12.4. The fourth-order valence-corrected chi connectivity index (χ4v) is 4.91. The number of aromatic nitrogens is 3. The Morgan fingerprint density at radius 1 is 1.19 bits per heavy atom. The van der Waals surface area contributed by atoms with Crippen LogP contribution in [0.15, 0.2) is 36.4 Å². The number of hydrogen-bond donors (Lipinski definition) is 3. The molecular formula is C27H29ClN4O5. The summed E-state index contributed by atoms with van der Waals surface area (Å²) in [6, 6.07) is 10.0. The van der Waals surface area contributed by atoms with Gasteiger partial charge in [-0.2, -0.15) is 4.98 Å². The van der Waals surface area contributed by atoms with Gasteiger partial charge in [-0.1, -0.05) is 41.9 Å². The van der Waals surface area contributed by atoms with Gasteiger partial charge in [0.25, 0.3) is 6.01 Å². The van der Waals surface area contributed by atoms with E-state index in [0.717, 1.165) is 23.1 Å². The van der Waals surface area contributed by atoms with Crippen molar-refractivity contribution in [3.05, 3.63) is 47.0 Å². The number of carbonyl (C=O) groups is 2. The summed E-state index contributed by atoms with van der Waals surface area (Å²) in [5.41, 5.74) is 3.99. The molecule has 10 heteroatoms. The number of aliphatic carboxylic acids is 1. The Hall–Kier alpha value is -3.43. The topological polar surface area (TPSA) is 129 Å². The van der Waals surface area contributed by atoms with Crippen molar-refractivity contribution in [1.29, 1.82) is 0 Å². The molecule has 1 aromatic carbocycles. The first-order valence-electron chi connectivity index (χ1n) is 12.3. The van der Waals surface area contributed by atoms with E-state index >= 15 is 0 Å². The van der Waals surface area contributed by atoms with Crippen molar-refractivity contribution in [1.82, 2.24) is 19.9 Å². The molecule has 3 N–H and O–H groups in total. The quantitative estimate of drug-likeness (QED) is 0.423. The molecule has 3 aromatic rings. The summed E-state index contributed by atoms with van der Waals surface area (Å²) in [5.74, 6) is -1.14. The number of likely N-dealkylation sites (tertiary alicyclic amines) is 1. The lowest BCUT2D eigenvalue weighted by Crippen LogP contribution is -2.59. The first-order chi connectivity index (χ1) is 17.6. The van der Waals surface area contributed by atoms with E-state index in [0.29, 0.717) is 53.8 Å².